The van der Waals surface area contributed by atoms with Crippen molar-refractivity contribution in [1.82, 2.24) is 35.6 Å². The van der Waals surface area contributed by atoms with Gasteiger partial charge in [0.15, 0.2) is 0 Å². The van der Waals surface area contributed by atoms with Crippen molar-refractivity contribution in [2.45, 2.75) is 117 Å². The van der Waals surface area contributed by atoms with E-state index in [4.69, 9.17) is 17.1 Å². The number of nitrogens with zero attached hydrogens (tertiary/aromatic N) is 10. The summed E-state index contributed by atoms with van der Waals surface area (Å²) < 4.78 is 14.5. The number of nitrogens with one attached hydrogen (secondary N) is 3. The van der Waals surface area contributed by atoms with Gasteiger partial charge in [-0.1, -0.05) is 97.1 Å². The SMILES string of the molecule is C=C(NCCCN1CCc2cc(C)ccc2C1)C1CCCN(c2ccc(C#N)cc2)C1.C=C(NCCCN1CCc2cc(C)ccc2C1)C1CCCN(c2ccc(C#N)cc2F)C1.[C-]#[N+]c1ccc(N2CCC(C(=C)NCCCN3CCc4cc(C)ccc4C3)CC2)nc1. The van der Waals surface area contributed by atoms with Crippen LogP contribution in [0.5, 0.6) is 0 Å². The van der Waals surface area contributed by atoms with Crippen LogP contribution in [0.1, 0.15) is 119 Å². The molecular formula is C80H100FN13. The van der Waals surface area contributed by atoms with Crippen molar-refractivity contribution in [2.75, 3.05) is 113 Å². The average molecular weight is 1260 g/mol. The van der Waals surface area contributed by atoms with Crippen molar-refractivity contribution in [3.63, 3.8) is 0 Å². The molecule has 0 spiro atoms. The lowest BCUT2D eigenvalue weighted by atomic mass is 9.94. The van der Waals surface area contributed by atoms with E-state index in [0.29, 0.717) is 34.7 Å². The molecule has 0 bridgehead atoms. The van der Waals surface area contributed by atoms with E-state index in [0.717, 1.165) is 173 Å². The highest BCUT2D eigenvalue weighted by atomic mass is 19.1. The van der Waals surface area contributed by atoms with E-state index in [1.165, 1.54) is 112 Å². The van der Waals surface area contributed by atoms with Gasteiger partial charge in [0.1, 0.15) is 11.6 Å². The maximum absolute atomic E-state index is 14.5. The molecule has 0 aliphatic carbocycles. The summed E-state index contributed by atoms with van der Waals surface area (Å²) in [5, 5.41) is 28.7. The molecule has 14 heteroatoms. The molecule has 7 heterocycles. The third-order valence-corrected chi connectivity index (χ3v) is 20.1. The normalized spacial score (nSPS) is 18.2. The van der Waals surface area contributed by atoms with Crippen molar-refractivity contribution in [3.05, 3.63) is 231 Å². The van der Waals surface area contributed by atoms with E-state index in [9.17, 15) is 4.39 Å². The second-order valence-electron chi connectivity index (χ2n) is 27.1. The second kappa shape index (κ2) is 34.1. The Hall–Kier alpha value is -8.45. The third-order valence-electron chi connectivity index (χ3n) is 20.1. The standard InChI is InChI=1S/C27H33FN4.C27H34N4.C26H33N5/c1-20-6-8-25-18-31(14-10-23(25)15-20)12-4-11-30-21(2)24-5-3-13-32(19-24)27-9-7-22(17-29)16-26(27)28;1-21-6-9-26-19-30(16-12-24(26)17-21)14-4-13-29-22(2)25-5-3-15-31(20-25)27-10-7-23(18-28)8-11-27;1-20-5-6-24-19-30(14-9-23(24)17-20)13-4-12-28-21(2)22-10-15-31(16-11-22)26-8-7-25(27-3)18-29-26/h6-9,15-16,24,30H,2-5,10-14,18-19H2,1H3;6-11,17,25,29H,2-5,12-16,19-20H2,1H3;5-8,17-18,22,28H,2,4,9-16,19H2,1H3. The first kappa shape index (κ1) is 68.4. The van der Waals surface area contributed by atoms with Crippen LogP contribution in [0.25, 0.3) is 4.85 Å². The Labute approximate surface area is 561 Å². The number of hydrogen-bond donors (Lipinski definition) is 3. The molecule has 6 aliphatic heterocycles. The number of nitriles is 2. The minimum atomic E-state index is -0.318. The highest BCUT2D eigenvalue weighted by Gasteiger charge is 2.27. The van der Waals surface area contributed by atoms with Crippen LogP contribution in [0.3, 0.4) is 0 Å². The Bertz CT molecular complexity index is 3640. The Morgan fingerprint density at radius 2 is 0.979 bits per heavy atom. The fourth-order valence-electron chi connectivity index (χ4n) is 14.5. The van der Waals surface area contributed by atoms with Crippen LogP contribution >= 0.6 is 0 Å². The quantitative estimate of drug-likeness (QED) is 0.0470. The summed E-state index contributed by atoms with van der Waals surface area (Å²) in [7, 11) is 0. The number of benzene rings is 5. The number of pyridine rings is 1. The van der Waals surface area contributed by atoms with Gasteiger partial charge in [-0.25, -0.2) is 9.24 Å². The zero-order chi connectivity index (χ0) is 65.8. The van der Waals surface area contributed by atoms with Crippen LogP contribution in [-0.2, 0) is 38.9 Å². The number of halogens is 1. The Morgan fingerprint density at radius 1 is 0.521 bits per heavy atom. The minimum Gasteiger partial charge on any atom is -0.389 e. The van der Waals surface area contributed by atoms with Gasteiger partial charge in [-0.2, -0.15) is 10.5 Å². The molecule has 0 radical (unpaired) electrons. The Kier molecular flexibility index (Phi) is 24.8. The van der Waals surface area contributed by atoms with Crippen molar-refractivity contribution >= 4 is 22.9 Å². The van der Waals surface area contributed by atoms with Crippen LogP contribution in [0.4, 0.5) is 27.3 Å². The van der Waals surface area contributed by atoms with E-state index in [1.54, 1.807) is 18.3 Å². The van der Waals surface area contributed by atoms with Gasteiger partial charge in [-0.05, 0) is 180 Å². The molecule has 2 unspecified atom stereocenters. The number of allylic oxidation sites excluding steroid dienone is 1. The minimum absolute atomic E-state index is 0.309. The summed E-state index contributed by atoms with van der Waals surface area (Å²) in [6.45, 7) is 45.1. The van der Waals surface area contributed by atoms with Crippen LogP contribution in [0, 0.1) is 73.6 Å². The zero-order valence-electron chi connectivity index (χ0n) is 56.4. The first-order valence-corrected chi connectivity index (χ1v) is 34.8. The van der Waals surface area contributed by atoms with Crippen molar-refractivity contribution in [2.24, 2.45) is 17.8 Å². The molecule has 94 heavy (non-hydrogen) atoms. The highest BCUT2D eigenvalue weighted by molar-refractivity contribution is 5.53. The van der Waals surface area contributed by atoms with E-state index in [-0.39, 0.29) is 5.82 Å². The molecule has 5 aromatic carbocycles. The zero-order valence-corrected chi connectivity index (χ0v) is 56.4. The van der Waals surface area contributed by atoms with Crippen LogP contribution in [-0.4, -0.2) is 118 Å². The molecule has 6 aliphatic rings. The summed E-state index contributed by atoms with van der Waals surface area (Å²) in [6.07, 6.45) is 15.2. The molecule has 1 aromatic heterocycles. The molecule has 492 valence electrons. The number of anilines is 3. The second-order valence-corrected chi connectivity index (χ2v) is 27.1. The van der Waals surface area contributed by atoms with Gasteiger partial charge < -0.3 is 30.7 Å². The Morgan fingerprint density at radius 3 is 1.43 bits per heavy atom. The van der Waals surface area contributed by atoms with Crippen LogP contribution in [0.15, 0.2) is 152 Å². The first-order chi connectivity index (χ1) is 45.8. The number of rotatable bonds is 21. The van der Waals surface area contributed by atoms with Crippen molar-refractivity contribution in [3.8, 4) is 12.1 Å². The summed E-state index contributed by atoms with van der Waals surface area (Å²) in [4.78, 5) is 22.4. The molecule has 0 amide bonds. The van der Waals surface area contributed by atoms with E-state index in [2.05, 4.69) is 168 Å². The van der Waals surface area contributed by atoms with Gasteiger partial charge >= 0.3 is 0 Å². The smallest absolute Gasteiger partial charge is 0.205 e. The fourth-order valence-corrected chi connectivity index (χ4v) is 14.5. The van der Waals surface area contributed by atoms with Crippen molar-refractivity contribution < 1.29 is 4.39 Å². The van der Waals surface area contributed by atoms with E-state index in [1.807, 2.05) is 30.3 Å². The number of fused-ring (bicyclic) bond motifs is 3. The molecule has 13 nitrogen and oxygen atoms in total. The summed E-state index contributed by atoms with van der Waals surface area (Å²) in [6, 6.07) is 41.3. The topological polar surface area (TPSA) is 120 Å². The van der Waals surface area contributed by atoms with Gasteiger partial charge in [0, 0.05) is 165 Å². The predicted octanol–water partition coefficient (Wildman–Crippen LogP) is 14.1. The largest absolute Gasteiger partial charge is 0.389 e. The first-order valence-electron chi connectivity index (χ1n) is 34.8. The predicted molar refractivity (Wildman–Crippen MR) is 383 cm³/mol. The lowest BCUT2D eigenvalue weighted by Gasteiger charge is -2.36. The third kappa shape index (κ3) is 19.3. The van der Waals surface area contributed by atoms with Gasteiger partial charge in [0.25, 0.3) is 0 Å². The van der Waals surface area contributed by atoms with Crippen molar-refractivity contribution in [1.29, 1.82) is 10.5 Å². The number of piperidine rings is 3. The average Bonchev–Trinajstić information content (AvgIpc) is 1.73. The van der Waals surface area contributed by atoms with Gasteiger partial charge in [0.05, 0.1) is 35.5 Å². The molecule has 12 rings (SSSR count). The van der Waals surface area contributed by atoms with Gasteiger partial charge in [0.2, 0.25) is 5.69 Å². The summed E-state index contributed by atoms with van der Waals surface area (Å²) in [5.41, 5.74) is 20.0. The molecule has 3 fully saturated rings. The van der Waals surface area contributed by atoms with Crippen LogP contribution < -0.4 is 30.7 Å². The molecule has 2 atom stereocenters. The maximum Gasteiger partial charge on any atom is 0.205 e. The molecule has 0 saturated carbocycles. The van der Waals surface area contributed by atoms with Gasteiger partial charge in [-0.15, -0.1) is 0 Å². The number of aromatic nitrogens is 1. The molecular weight excluding hydrogens is 1160 g/mol. The number of hydrogen-bond acceptors (Lipinski definition) is 12. The number of aryl methyl sites for hydroxylation is 3. The lowest BCUT2D eigenvalue weighted by molar-refractivity contribution is 0.250. The van der Waals surface area contributed by atoms with Gasteiger partial charge in [-0.3, -0.25) is 19.7 Å². The van der Waals surface area contributed by atoms with E-state index < -0.39 is 0 Å². The lowest BCUT2D eigenvalue weighted by Crippen LogP contribution is -2.39. The fraction of sp³-hybridized carbons (Fsp3) is 0.450. The maximum atomic E-state index is 14.5. The van der Waals surface area contributed by atoms with E-state index >= 15 is 0 Å². The summed E-state index contributed by atoms with van der Waals surface area (Å²) >= 11 is 0. The van der Waals surface area contributed by atoms with Crippen LogP contribution in [0.2, 0.25) is 0 Å². The summed E-state index contributed by atoms with van der Waals surface area (Å²) in [5.74, 6) is 1.98. The monoisotopic (exact) mass is 1260 g/mol. The molecule has 3 N–H and O–H groups in total. The highest BCUT2D eigenvalue weighted by Crippen LogP contribution is 2.32. The molecule has 6 aromatic rings. The molecule has 3 saturated heterocycles. The Balaban J connectivity index is 0.000000154.